The number of nitrogens with one attached hydrogen (secondary N) is 1. The SMILES string of the molecule is CCN(C(=O)N/C=C/c1ccccc1C)c1ccccc1. The fraction of sp³-hybridized carbons (Fsp3) is 0.167. The predicted octanol–water partition coefficient (Wildman–Crippen LogP) is 4.20. The van der Waals surface area contributed by atoms with E-state index in [9.17, 15) is 4.79 Å². The Labute approximate surface area is 125 Å². The Morgan fingerprint density at radius 2 is 1.76 bits per heavy atom. The highest BCUT2D eigenvalue weighted by Gasteiger charge is 2.11. The maximum atomic E-state index is 12.2. The van der Waals surface area contributed by atoms with Crippen LogP contribution in [0.5, 0.6) is 0 Å². The van der Waals surface area contributed by atoms with Gasteiger partial charge in [-0.2, -0.15) is 0 Å². The van der Waals surface area contributed by atoms with Crippen LogP contribution in [-0.2, 0) is 0 Å². The van der Waals surface area contributed by atoms with Crippen molar-refractivity contribution in [1.82, 2.24) is 5.32 Å². The Morgan fingerprint density at radius 3 is 2.43 bits per heavy atom. The monoisotopic (exact) mass is 280 g/mol. The third kappa shape index (κ3) is 3.96. The first-order valence-electron chi connectivity index (χ1n) is 7.07. The van der Waals surface area contributed by atoms with Crippen LogP contribution in [0.2, 0.25) is 0 Å². The van der Waals surface area contributed by atoms with Gasteiger partial charge in [-0.15, -0.1) is 0 Å². The normalized spacial score (nSPS) is 10.6. The molecule has 0 saturated carbocycles. The molecule has 0 bridgehead atoms. The van der Waals surface area contributed by atoms with Crippen molar-refractivity contribution < 1.29 is 4.79 Å². The molecule has 108 valence electrons. The lowest BCUT2D eigenvalue weighted by molar-refractivity contribution is 0.249. The minimum atomic E-state index is -0.131. The average Bonchev–Trinajstić information content (AvgIpc) is 2.51. The van der Waals surface area contributed by atoms with Crippen LogP contribution in [0.15, 0.2) is 60.8 Å². The van der Waals surface area contributed by atoms with Crippen LogP contribution >= 0.6 is 0 Å². The van der Waals surface area contributed by atoms with Crippen molar-refractivity contribution >= 4 is 17.8 Å². The molecule has 0 spiro atoms. The van der Waals surface area contributed by atoms with E-state index in [0.717, 1.165) is 11.3 Å². The van der Waals surface area contributed by atoms with Crippen molar-refractivity contribution in [2.45, 2.75) is 13.8 Å². The summed E-state index contributed by atoms with van der Waals surface area (Å²) in [5.74, 6) is 0. The lowest BCUT2D eigenvalue weighted by Crippen LogP contribution is -2.37. The summed E-state index contributed by atoms with van der Waals surface area (Å²) in [6.07, 6.45) is 3.60. The van der Waals surface area contributed by atoms with Crippen molar-refractivity contribution in [2.24, 2.45) is 0 Å². The number of benzene rings is 2. The quantitative estimate of drug-likeness (QED) is 0.894. The number of para-hydroxylation sites is 1. The number of hydrogen-bond acceptors (Lipinski definition) is 1. The minimum absolute atomic E-state index is 0.131. The predicted molar refractivity (Wildman–Crippen MR) is 88.2 cm³/mol. The molecule has 2 aromatic carbocycles. The Kier molecular flexibility index (Phi) is 5.16. The number of aryl methyl sites for hydroxylation is 1. The van der Waals surface area contributed by atoms with Gasteiger partial charge in [0.15, 0.2) is 0 Å². The molecule has 0 saturated heterocycles. The summed E-state index contributed by atoms with van der Waals surface area (Å²) >= 11 is 0. The molecule has 0 unspecified atom stereocenters. The van der Waals surface area contributed by atoms with E-state index in [2.05, 4.69) is 5.32 Å². The summed E-state index contributed by atoms with van der Waals surface area (Å²) in [6, 6.07) is 17.6. The molecule has 0 aromatic heterocycles. The van der Waals surface area contributed by atoms with Crippen LogP contribution in [0.25, 0.3) is 6.08 Å². The fourth-order valence-corrected chi connectivity index (χ4v) is 2.11. The summed E-state index contributed by atoms with van der Waals surface area (Å²) in [4.78, 5) is 13.9. The lowest BCUT2D eigenvalue weighted by atomic mass is 10.1. The molecular formula is C18H20N2O. The molecule has 3 heteroatoms. The van der Waals surface area contributed by atoms with Crippen molar-refractivity contribution in [1.29, 1.82) is 0 Å². The molecule has 2 amide bonds. The second-order valence-corrected chi connectivity index (χ2v) is 4.72. The van der Waals surface area contributed by atoms with Crippen molar-refractivity contribution in [3.63, 3.8) is 0 Å². The second-order valence-electron chi connectivity index (χ2n) is 4.72. The molecule has 2 rings (SSSR count). The van der Waals surface area contributed by atoms with Gasteiger partial charge in [0.05, 0.1) is 0 Å². The van der Waals surface area contributed by atoms with Crippen molar-refractivity contribution in [3.05, 3.63) is 71.9 Å². The smallest absolute Gasteiger partial charge is 0.314 e. The third-order valence-corrected chi connectivity index (χ3v) is 3.29. The molecule has 0 radical (unpaired) electrons. The van der Waals surface area contributed by atoms with E-state index in [1.165, 1.54) is 5.56 Å². The maximum absolute atomic E-state index is 12.2. The number of hydrogen-bond donors (Lipinski definition) is 1. The lowest BCUT2D eigenvalue weighted by Gasteiger charge is -2.20. The van der Waals surface area contributed by atoms with Crippen LogP contribution in [0, 0.1) is 6.92 Å². The first kappa shape index (κ1) is 14.9. The number of urea groups is 1. The molecule has 1 N–H and O–H groups in total. The number of nitrogens with zero attached hydrogens (tertiary/aromatic N) is 1. The number of carbonyl (C=O) groups is 1. The van der Waals surface area contributed by atoms with Gasteiger partial charge in [0.1, 0.15) is 0 Å². The van der Waals surface area contributed by atoms with Gasteiger partial charge in [-0.25, -0.2) is 4.79 Å². The topological polar surface area (TPSA) is 32.3 Å². The summed E-state index contributed by atoms with van der Waals surface area (Å²) < 4.78 is 0. The molecule has 0 heterocycles. The summed E-state index contributed by atoms with van der Waals surface area (Å²) in [5.41, 5.74) is 3.17. The number of amides is 2. The third-order valence-electron chi connectivity index (χ3n) is 3.29. The van der Waals surface area contributed by atoms with Crippen LogP contribution < -0.4 is 10.2 Å². The number of anilines is 1. The zero-order chi connectivity index (χ0) is 15.1. The second kappa shape index (κ2) is 7.29. The summed E-state index contributed by atoms with van der Waals surface area (Å²) in [6.45, 7) is 4.62. The molecule has 21 heavy (non-hydrogen) atoms. The van der Waals surface area contributed by atoms with E-state index in [-0.39, 0.29) is 6.03 Å². The highest BCUT2D eigenvalue weighted by Crippen LogP contribution is 2.13. The Morgan fingerprint density at radius 1 is 1.10 bits per heavy atom. The van der Waals surface area contributed by atoms with E-state index in [1.807, 2.05) is 74.5 Å². The summed E-state index contributed by atoms with van der Waals surface area (Å²) in [7, 11) is 0. The van der Waals surface area contributed by atoms with Gasteiger partial charge >= 0.3 is 6.03 Å². The zero-order valence-corrected chi connectivity index (χ0v) is 12.4. The molecule has 3 nitrogen and oxygen atoms in total. The van der Waals surface area contributed by atoms with Crippen molar-refractivity contribution in [3.8, 4) is 0 Å². The van der Waals surface area contributed by atoms with Gasteiger partial charge < -0.3 is 5.32 Å². The van der Waals surface area contributed by atoms with E-state index in [4.69, 9.17) is 0 Å². The van der Waals surface area contributed by atoms with E-state index >= 15 is 0 Å². The highest BCUT2D eigenvalue weighted by molar-refractivity contribution is 5.92. The largest absolute Gasteiger partial charge is 0.325 e. The molecule has 2 aromatic rings. The van der Waals surface area contributed by atoms with E-state index in [0.29, 0.717) is 6.54 Å². The molecule has 0 aliphatic rings. The van der Waals surface area contributed by atoms with Gasteiger partial charge in [0, 0.05) is 18.4 Å². The molecule has 0 atom stereocenters. The maximum Gasteiger partial charge on any atom is 0.325 e. The van der Waals surface area contributed by atoms with Gasteiger partial charge in [0.2, 0.25) is 0 Å². The van der Waals surface area contributed by atoms with Gasteiger partial charge in [-0.05, 0) is 43.2 Å². The Balaban J connectivity index is 2.02. The summed E-state index contributed by atoms with van der Waals surface area (Å²) in [5, 5.41) is 2.81. The molecular weight excluding hydrogens is 260 g/mol. The molecule has 0 aliphatic heterocycles. The number of rotatable bonds is 4. The van der Waals surface area contributed by atoms with E-state index < -0.39 is 0 Å². The van der Waals surface area contributed by atoms with Crippen LogP contribution in [0.3, 0.4) is 0 Å². The first-order valence-corrected chi connectivity index (χ1v) is 7.07. The number of carbonyl (C=O) groups excluding carboxylic acids is 1. The minimum Gasteiger partial charge on any atom is -0.314 e. The van der Waals surface area contributed by atoms with Crippen LogP contribution in [0.4, 0.5) is 10.5 Å². The van der Waals surface area contributed by atoms with E-state index in [1.54, 1.807) is 11.1 Å². The highest BCUT2D eigenvalue weighted by atomic mass is 16.2. The molecule has 0 aliphatic carbocycles. The van der Waals surface area contributed by atoms with Crippen LogP contribution in [-0.4, -0.2) is 12.6 Å². The zero-order valence-electron chi connectivity index (χ0n) is 12.4. The average molecular weight is 280 g/mol. The molecule has 0 fully saturated rings. The van der Waals surface area contributed by atoms with Gasteiger partial charge in [0.25, 0.3) is 0 Å². The van der Waals surface area contributed by atoms with Crippen molar-refractivity contribution in [2.75, 3.05) is 11.4 Å². The van der Waals surface area contributed by atoms with Gasteiger partial charge in [-0.1, -0.05) is 42.5 Å². The van der Waals surface area contributed by atoms with Crippen LogP contribution in [0.1, 0.15) is 18.1 Å². The van der Waals surface area contributed by atoms with Gasteiger partial charge in [-0.3, -0.25) is 4.90 Å². The Hall–Kier alpha value is -2.55. The fourth-order valence-electron chi connectivity index (χ4n) is 2.11. The Bertz CT molecular complexity index is 620. The first-order chi connectivity index (χ1) is 10.2. The standard InChI is InChI=1S/C18H20N2O/c1-3-20(17-11-5-4-6-12-17)18(21)19-14-13-16-10-8-7-9-15(16)2/h4-14H,3H2,1-2H3,(H,19,21)/b14-13+.